The first-order valence-corrected chi connectivity index (χ1v) is 6.06. The maximum absolute atomic E-state index is 11.8. The van der Waals surface area contributed by atoms with Crippen LogP contribution in [0.4, 0.5) is 0 Å². The Bertz CT molecular complexity index is 389. The fraction of sp³-hybridized carbons (Fsp3) is 0.538. The Morgan fingerprint density at radius 2 is 2.35 bits per heavy atom. The van der Waals surface area contributed by atoms with Crippen molar-refractivity contribution in [3.63, 3.8) is 0 Å². The van der Waals surface area contributed by atoms with Crippen LogP contribution in [0.15, 0.2) is 18.3 Å². The van der Waals surface area contributed by atoms with Gasteiger partial charge in [-0.2, -0.15) is 0 Å². The highest BCUT2D eigenvalue weighted by atomic mass is 16.3. The van der Waals surface area contributed by atoms with Crippen LogP contribution in [0, 0.1) is 12.8 Å². The standard InChI is InChI=1S/C13H18N2O2/c1-9-5-6-11(8-14-9)13(17)15-7-10-3-2-4-12(10)16/h5-6,8,10,12,16H,2-4,7H2,1H3,(H,15,17). The van der Waals surface area contributed by atoms with Crippen LogP contribution in [-0.4, -0.2) is 28.6 Å². The molecule has 4 heteroatoms. The minimum atomic E-state index is -0.258. The first-order valence-electron chi connectivity index (χ1n) is 6.06. The number of aliphatic hydroxyl groups is 1. The molecule has 1 heterocycles. The van der Waals surface area contributed by atoms with E-state index in [4.69, 9.17) is 0 Å². The van der Waals surface area contributed by atoms with Crippen molar-refractivity contribution in [2.75, 3.05) is 6.54 Å². The summed E-state index contributed by atoms with van der Waals surface area (Å²) in [4.78, 5) is 15.9. The van der Waals surface area contributed by atoms with Crippen LogP contribution in [0.2, 0.25) is 0 Å². The second-order valence-corrected chi connectivity index (χ2v) is 4.66. The van der Waals surface area contributed by atoms with Crippen molar-refractivity contribution >= 4 is 5.91 Å². The van der Waals surface area contributed by atoms with Crippen LogP contribution >= 0.6 is 0 Å². The van der Waals surface area contributed by atoms with E-state index in [1.807, 2.05) is 13.0 Å². The van der Waals surface area contributed by atoms with Gasteiger partial charge in [0.25, 0.3) is 5.91 Å². The number of nitrogens with one attached hydrogen (secondary N) is 1. The number of hydrogen-bond donors (Lipinski definition) is 2. The van der Waals surface area contributed by atoms with E-state index in [-0.39, 0.29) is 17.9 Å². The summed E-state index contributed by atoms with van der Waals surface area (Å²) in [6.45, 7) is 2.43. The molecule has 2 rings (SSSR count). The molecule has 1 aliphatic rings. The molecule has 0 radical (unpaired) electrons. The van der Waals surface area contributed by atoms with Gasteiger partial charge in [0.15, 0.2) is 0 Å². The first kappa shape index (κ1) is 12.0. The summed E-state index contributed by atoms with van der Waals surface area (Å²) in [7, 11) is 0. The number of nitrogens with zero attached hydrogens (tertiary/aromatic N) is 1. The van der Waals surface area contributed by atoms with Crippen molar-refractivity contribution in [1.29, 1.82) is 0 Å². The second-order valence-electron chi connectivity index (χ2n) is 4.66. The van der Waals surface area contributed by atoms with Crippen molar-refractivity contribution in [3.05, 3.63) is 29.6 Å². The summed E-state index contributed by atoms with van der Waals surface area (Å²) in [5.41, 5.74) is 1.47. The normalized spacial score (nSPS) is 23.6. The Morgan fingerprint density at radius 3 is 2.94 bits per heavy atom. The maximum atomic E-state index is 11.8. The van der Waals surface area contributed by atoms with Gasteiger partial charge in [-0.15, -0.1) is 0 Å². The molecule has 2 N–H and O–H groups in total. The van der Waals surface area contributed by atoms with Crippen molar-refractivity contribution in [2.45, 2.75) is 32.3 Å². The monoisotopic (exact) mass is 234 g/mol. The largest absolute Gasteiger partial charge is 0.393 e. The number of aryl methyl sites for hydroxylation is 1. The fourth-order valence-electron chi connectivity index (χ4n) is 2.18. The van der Waals surface area contributed by atoms with Crippen molar-refractivity contribution in [3.8, 4) is 0 Å². The lowest BCUT2D eigenvalue weighted by molar-refractivity contribution is 0.0916. The van der Waals surface area contributed by atoms with E-state index in [1.54, 1.807) is 12.3 Å². The van der Waals surface area contributed by atoms with Crippen LogP contribution < -0.4 is 5.32 Å². The number of rotatable bonds is 3. The molecule has 17 heavy (non-hydrogen) atoms. The molecule has 1 aromatic heterocycles. The van der Waals surface area contributed by atoms with Crippen LogP contribution in [0.25, 0.3) is 0 Å². The quantitative estimate of drug-likeness (QED) is 0.828. The van der Waals surface area contributed by atoms with Gasteiger partial charge in [-0.1, -0.05) is 6.42 Å². The van der Waals surface area contributed by atoms with Crippen molar-refractivity contribution in [1.82, 2.24) is 10.3 Å². The van der Waals surface area contributed by atoms with Gasteiger partial charge in [-0.3, -0.25) is 9.78 Å². The molecule has 1 aromatic rings. The molecule has 92 valence electrons. The third-order valence-corrected chi connectivity index (χ3v) is 3.32. The molecular formula is C13H18N2O2. The Labute approximate surface area is 101 Å². The van der Waals surface area contributed by atoms with Gasteiger partial charge in [0.1, 0.15) is 0 Å². The molecular weight excluding hydrogens is 216 g/mol. The van der Waals surface area contributed by atoms with Gasteiger partial charge in [0.2, 0.25) is 0 Å². The zero-order valence-electron chi connectivity index (χ0n) is 10.0. The van der Waals surface area contributed by atoms with Gasteiger partial charge in [-0.25, -0.2) is 0 Å². The molecule has 1 aliphatic carbocycles. The van der Waals surface area contributed by atoms with E-state index in [9.17, 15) is 9.90 Å². The van der Waals surface area contributed by atoms with E-state index in [1.165, 1.54) is 0 Å². The number of aromatic nitrogens is 1. The molecule has 1 amide bonds. The minimum Gasteiger partial charge on any atom is -0.393 e. The molecule has 1 fully saturated rings. The van der Waals surface area contributed by atoms with E-state index in [0.29, 0.717) is 12.1 Å². The lowest BCUT2D eigenvalue weighted by Gasteiger charge is -2.14. The van der Waals surface area contributed by atoms with Crippen LogP contribution in [0.3, 0.4) is 0 Å². The molecule has 1 saturated carbocycles. The summed E-state index contributed by atoms with van der Waals surface area (Å²) in [5, 5.41) is 12.5. The lowest BCUT2D eigenvalue weighted by atomic mass is 10.1. The molecule has 0 aromatic carbocycles. The van der Waals surface area contributed by atoms with Gasteiger partial charge in [0, 0.05) is 24.4 Å². The molecule has 0 bridgehead atoms. The van der Waals surface area contributed by atoms with Crippen molar-refractivity contribution < 1.29 is 9.90 Å². The van der Waals surface area contributed by atoms with E-state index in [0.717, 1.165) is 25.0 Å². The summed E-state index contributed by atoms with van der Waals surface area (Å²) in [6, 6.07) is 3.59. The smallest absolute Gasteiger partial charge is 0.252 e. The topological polar surface area (TPSA) is 62.2 Å². The van der Waals surface area contributed by atoms with Gasteiger partial charge in [-0.05, 0) is 31.9 Å². The lowest BCUT2D eigenvalue weighted by Crippen LogP contribution is -2.32. The highest BCUT2D eigenvalue weighted by Crippen LogP contribution is 2.24. The third kappa shape index (κ3) is 3.03. The van der Waals surface area contributed by atoms with Gasteiger partial charge in [0.05, 0.1) is 11.7 Å². The Balaban J connectivity index is 1.87. The van der Waals surface area contributed by atoms with Crippen LogP contribution in [0.1, 0.15) is 35.3 Å². The number of amides is 1. The predicted molar refractivity (Wildman–Crippen MR) is 64.7 cm³/mol. The Kier molecular flexibility index (Phi) is 3.74. The first-order chi connectivity index (χ1) is 8.16. The number of carbonyl (C=O) groups excluding carboxylic acids is 1. The summed E-state index contributed by atoms with van der Waals surface area (Å²) in [6.07, 6.45) is 4.22. The van der Waals surface area contributed by atoms with Crippen molar-refractivity contribution in [2.24, 2.45) is 5.92 Å². The average molecular weight is 234 g/mol. The Morgan fingerprint density at radius 1 is 1.53 bits per heavy atom. The Hall–Kier alpha value is -1.42. The molecule has 0 spiro atoms. The highest BCUT2D eigenvalue weighted by Gasteiger charge is 2.25. The molecule has 2 unspecified atom stereocenters. The fourth-order valence-corrected chi connectivity index (χ4v) is 2.18. The maximum Gasteiger partial charge on any atom is 0.252 e. The summed E-state index contributed by atoms with van der Waals surface area (Å²) in [5.74, 6) is 0.0916. The van der Waals surface area contributed by atoms with E-state index >= 15 is 0 Å². The number of pyridine rings is 1. The zero-order valence-corrected chi connectivity index (χ0v) is 10.0. The predicted octanol–water partition coefficient (Wildman–Crippen LogP) is 1.28. The van der Waals surface area contributed by atoms with E-state index < -0.39 is 0 Å². The number of carbonyl (C=O) groups is 1. The number of hydrogen-bond acceptors (Lipinski definition) is 3. The number of aliphatic hydroxyl groups excluding tert-OH is 1. The molecule has 0 aliphatic heterocycles. The molecule has 2 atom stereocenters. The zero-order chi connectivity index (χ0) is 12.3. The minimum absolute atomic E-state index is 0.114. The summed E-state index contributed by atoms with van der Waals surface area (Å²) >= 11 is 0. The van der Waals surface area contributed by atoms with Gasteiger partial charge < -0.3 is 10.4 Å². The average Bonchev–Trinajstić information content (AvgIpc) is 2.73. The highest BCUT2D eigenvalue weighted by molar-refractivity contribution is 5.93. The van der Waals surface area contributed by atoms with Gasteiger partial charge >= 0.3 is 0 Å². The van der Waals surface area contributed by atoms with Crippen LogP contribution in [-0.2, 0) is 0 Å². The molecule has 4 nitrogen and oxygen atoms in total. The summed E-state index contributed by atoms with van der Waals surface area (Å²) < 4.78 is 0. The third-order valence-electron chi connectivity index (χ3n) is 3.32. The molecule has 0 saturated heterocycles. The van der Waals surface area contributed by atoms with E-state index in [2.05, 4.69) is 10.3 Å². The SMILES string of the molecule is Cc1ccc(C(=O)NCC2CCCC2O)cn1. The second kappa shape index (κ2) is 5.27. The van der Waals surface area contributed by atoms with Crippen LogP contribution in [0.5, 0.6) is 0 Å².